The number of rotatable bonds is 5. The van der Waals surface area contributed by atoms with Gasteiger partial charge in [-0.25, -0.2) is 0 Å². The Labute approximate surface area is 121 Å². The van der Waals surface area contributed by atoms with Gasteiger partial charge in [0.15, 0.2) is 0 Å². The van der Waals surface area contributed by atoms with Crippen molar-refractivity contribution in [3.63, 3.8) is 0 Å². The molecule has 0 saturated carbocycles. The molecule has 1 amide bonds. The highest BCUT2D eigenvalue weighted by molar-refractivity contribution is 5.99. The zero-order valence-corrected chi connectivity index (χ0v) is 12.7. The van der Waals surface area contributed by atoms with Crippen LogP contribution in [0.25, 0.3) is 0 Å². The highest BCUT2D eigenvalue weighted by Crippen LogP contribution is 2.07. The Hall–Kier alpha value is -2.10. The highest BCUT2D eigenvalue weighted by atomic mass is 16.2. The Bertz CT molecular complexity index is 504. The summed E-state index contributed by atoms with van der Waals surface area (Å²) < 4.78 is 0. The molecule has 0 bridgehead atoms. The minimum absolute atomic E-state index is 0.112. The van der Waals surface area contributed by atoms with Crippen molar-refractivity contribution in [3.8, 4) is 0 Å². The van der Waals surface area contributed by atoms with Crippen LogP contribution in [-0.4, -0.2) is 25.8 Å². The van der Waals surface area contributed by atoms with Gasteiger partial charge >= 0.3 is 0 Å². The fourth-order valence-corrected chi connectivity index (χ4v) is 1.77. The van der Waals surface area contributed by atoms with Crippen molar-refractivity contribution in [2.24, 2.45) is 4.99 Å². The van der Waals surface area contributed by atoms with Gasteiger partial charge in [0.2, 0.25) is 0 Å². The first-order chi connectivity index (χ1) is 9.62. The highest BCUT2D eigenvalue weighted by Gasteiger charge is 2.13. The Kier molecular flexibility index (Phi) is 6.50. The number of nitrogens with one attached hydrogen (secondary N) is 2. The first-order valence-electron chi connectivity index (χ1n) is 6.80. The zero-order valence-electron chi connectivity index (χ0n) is 12.7. The number of amidine groups is 1. The molecular weight excluding hydrogens is 250 g/mol. The molecule has 0 saturated heterocycles. The molecule has 0 aliphatic carbocycles. The number of carbonyl (C=O) groups excluding carboxylic acids is 1. The van der Waals surface area contributed by atoms with Crippen LogP contribution < -0.4 is 10.6 Å². The number of hydrogen-bond donors (Lipinski definition) is 2. The molecule has 0 spiro atoms. The second kappa shape index (κ2) is 8.15. The van der Waals surface area contributed by atoms with E-state index in [4.69, 9.17) is 0 Å². The average Bonchev–Trinajstić information content (AvgIpc) is 2.50. The van der Waals surface area contributed by atoms with Gasteiger partial charge in [-0.1, -0.05) is 37.3 Å². The largest absolute Gasteiger partial charge is 0.354 e. The summed E-state index contributed by atoms with van der Waals surface area (Å²) in [6, 6.07) is 10.1. The molecule has 1 aromatic carbocycles. The van der Waals surface area contributed by atoms with E-state index in [2.05, 4.69) is 15.6 Å². The van der Waals surface area contributed by atoms with E-state index in [0.717, 1.165) is 23.4 Å². The van der Waals surface area contributed by atoms with E-state index in [9.17, 15) is 4.79 Å². The first kappa shape index (κ1) is 16.0. The summed E-state index contributed by atoms with van der Waals surface area (Å²) >= 11 is 0. The second-order valence-corrected chi connectivity index (χ2v) is 4.55. The van der Waals surface area contributed by atoms with Gasteiger partial charge in [0, 0.05) is 20.5 Å². The molecule has 4 heteroatoms. The zero-order chi connectivity index (χ0) is 15.0. The first-order valence-corrected chi connectivity index (χ1v) is 6.80. The minimum atomic E-state index is -0.112. The van der Waals surface area contributed by atoms with E-state index in [1.165, 1.54) is 0 Å². The molecule has 0 heterocycles. The maximum atomic E-state index is 11.9. The lowest BCUT2D eigenvalue weighted by Crippen LogP contribution is -2.35. The Morgan fingerprint density at radius 2 is 1.90 bits per heavy atom. The number of aliphatic imine (C=N–C) groups is 1. The summed E-state index contributed by atoms with van der Waals surface area (Å²) in [5.41, 5.74) is 2.76. The molecule has 0 radical (unpaired) electrons. The molecule has 0 aromatic heterocycles. The van der Waals surface area contributed by atoms with Gasteiger partial charge in [0.05, 0.1) is 0 Å². The third-order valence-electron chi connectivity index (χ3n) is 3.16. The molecule has 0 unspecified atom stereocenters. The summed E-state index contributed by atoms with van der Waals surface area (Å²) in [7, 11) is 3.36. The van der Waals surface area contributed by atoms with E-state index in [0.29, 0.717) is 12.1 Å². The third-order valence-corrected chi connectivity index (χ3v) is 3.16. The predicted molar refractivity (Wildman–Crippen MR) is 83.7 cm³/mol. The number of benzene rings is 1. The molecule has 1 rings (SSSR count). The van der Waals surface area contributed by atoms with E-state index in [-0.39, 0.29) is 5.91 Å². The number of carbonyl (C=O) groups is 1. The number of likely N-dealkylation sites (N-methyl/N-ethyl adjacent to an activating group) is 1. The summed E-state index contributed by atoms with van der Waals surface area (Å²) in [6.45, 7) is 3.98. The number of hydrogen-bond acceptors (Lipinski definition) is 2. The van der Waals surface area contributed by atoms with Crippen molar-refractivity contribution in [2.75, 3.05) is 14.1 Å². The van der Waals surface area contributed by atoms with Gasteiger partial charge in [0.1, 0.15) is 11.5 Å². The van der Waals surface area contributed by atoms with Crippen molar-refractivity contribution in [1.29, 1.82) is 0 Å². The van der Waals surface area contributed by atoms with Crippen LogP contribution >= 0.6 is 0 Å². The van der Waals surface area contributed by atoms with E-state index < -0.39 is 0 Å². The van der Waals surface area contributed by atoms with Crippen LogP contribution in [0.15, 0.2) is 46.6 Å². The van der Waals surface area contributed by atoms with Gasteiger partial charge in [0.25, 0.3) is 5.91 Å². The lowest BCUT2D eigenvalue weighted by atomic mass is 10.1. The van der Waals surface area contributed by atoms with Crippen molar-refractivity contribution in [1.82, 2.24) is 10.6 Å². The summed E-state index contributed by atoms with van der Waals surface area (Å²) in [5, 5.41) is 5.83. The molecule has 2 N–H and O–H groups in total. The SMILES string of the molecule is CC/C(C)=C(/N/C(Cc1ccccc1)=N\C)C(=O)NC. The van der Waals surface area contributed by atoms with Crippen LogP contribution in [0.5, 0.6) is 0 Å². The van der Waals surface area contributed by atoms with Crippen molar-refractivity contribution in [3.05, 3.63) is 47.2 Å². The smallest absolute Gasteiger partial charge is 0.267 e. The van der Waals surface area contributed by atoms with Gasteiger partial charge in [-0.05, 0) is 24.5 Å². The minimum Gasteiger partial charge on any atom is -0.354 e. The van der Waals surface area contributed by atoms with Crippen molar-refractivity contribution >= 4 is 11.7 Å². The van der Waals surface area contributed by atoms with Crippen LogP contribution in [0.1, 0.15) is 25.8 Å². The summed E-state index contributed by atoms with van der Waals surface area (Å²) in [5.74, 6) is 0.668. The molecule has 4 nitrogen and oxygen atoms in total. The van der Waals surface area contributed by atoms with Gasteiger partial charge in [-0.2, -0.15) is 0 Å². The Morgan fingerprint density at radius 3 is 2.40 bits per heavy atom. The number of allylic oxidation sites excluding steroid dienone is 1. The number of amides is 1. The number of nitrogens with zero attached hydrogens (tertiary/aromatic N) is 1. The molecule has 20 heavy (non-hydrogen) atoms. The molecule has 108 valence electrons. The Balaban J connectivity index is 2.89. The molecule has 1 aromatic rings. The van der Waals surface area contributed by atoms with E-state index in [1.807, 2.05) is 44.2 Å². The fourth-order valence-electron chi connectivity index (χ4n) is 1.77. The molecule has 0 atom stereocenters. The predicted octanol–water partition coefficient (Wildman–Crippen LogP) is 2.28. The fraction of sp³-hybridized carbons (Fsp3) is 0.375. The summed E-state index contributed by atoms with van der Waals surface area (Å²) in [6.07, 6.45) is 1.49. The third kappa shape index (κ3) is 4.53. The lowest BCUT2D eigenvalue weighted by Gasteiger charge is -2.15. The van der Waals surface area contributed by atoms with Gasteiger partial charge < -0.3 is 10.6 Å². The van der Waals surface area contributed by atoms with Gasteiger partial charge in [-0.15, -0.1) is 0 Å². The van der Waals surface area contributed by atoms with Crippen molar-refractivity contribution in [2.45, 2.75) is 26.7 Å². The normalized spacial score (nSPS) is 12.7. The van der Waals surface area contributed by atoms with Gasteiger partial charge in [-0.3, -0.25) is 9.79 Å². The monoisotopic (exact) mass is 273 g/mol. The maximum Gasteiger partial charge on any atom is 0.267 e. The second-order valence-electron chi connectivity index (χ2n) is 4.55. The Morgan fingerprint density at radius 1 is 1.25 bits per heavy atom. The van der Waals surface area contributed by atoms with Crippen LogP contribution in [0.2, 0.25) is 0 Å². The van der Waals surface area contributed by atoms with E-state index >= 15 is 0 Å². The van der Waals surface area contributed by atoms with Crippen LogP contribution in [0.4, 0.5) is 0 Å². The topological polar surface area (TPSA) is 53.5 Å². The van der Waals surface area contributed by atoms with Crippen molar-refractivity contribution < 1.29 is 4.79 Å². The molecule has 0 fully saturated rings. The summed E-state index contributed by atoms with van der Waals surface area (Å²) in [4.78, 5) is 16.2. The maximum absolute atomic E-state index is 11.9. The van der Waals surface area contributed by atoms with Crippen LogP contribution in [-0.2, 0) is 11.2 Å². The van der Waals surface area contributed by atoms with Crippen LogP contribution in [0.3, 0.4) is 0 Å². The van der Waals surface area contributed by atoms with E-state index in [1.54, 1.807) is 14.1 Å². The quantitative estimate of drug-likeness (QED) is 0.491. The van der Waals surface area contributed by atoms with Crippen LogP contribution in [0, 0.1) is 0 Å². The standard InChI is InChI=1S/C16H23N3O/c1-5-12(2)15(16(20)18-4)19-14(17-3)11-13-9-7-6-8-10-13/h6-10H,5,11H2,1-4H3,(H,17,19)(H,18,20)/b15-12+. The molecular formula is C16H23N3O. The average molecular weight is 273 g/mol. The molecule has 0 aliphatic rings. The lowest BCUT2D eigenvalue weighted by molar-refractivity contribution is -0.117. The molecule has 0 aliphatic heterocycles.